The fourth-order valence-electron chi connectivity index (χ4n) is 9.85. The average molecular weight is 724 g/mol. The number of fused-ring (bicyclic) bond motifs is 12. The normalized spacial score (nSPS) is 12.2. The maximum Gasteiger partial charge on any atom is 0.0620 e. The summed E-state index contributed by atoms with van der Waals surface area (Å²) in [6, 6.07) is 73.7. The second-order valence-electron chi connectivity index (χ2n) is 15.3. The molecule has 0 aliphatic rings. The zero-order chi connectivity index (χ0) is 37.2. The number of hydrogen-bond acceptors (Lipinski definition) is 0. The average Bonchev–Trinajstić information content (AvgIpc) is 4.00. The predicted octanol–water partition coefficient (Wildman–Crippen LogP) is 14.4. The molecule has 0 bridgehead atoms. The molecule has 0 unspecified atom stereocenters. The van der Waals surface area contributed by atoms with Crippen LogP contribution in [-0.2, 0) is 0 Å². The van der Waals surface area contributed by atoms with E-state index in [2.05, 4.69) is 214 Å². The summed E-state index contributed by atoms with van der Waals surface area (Å²) in [5, 5.41) is 10.2. The van der Waals surface area contributed by atoms with Crippen molar-refractivity contribution in [3.8, 4) is 33.6 Å². The predicted molar refractivity (Wildman–Crippen MR) is 241 cm³/mol. The van der Waals surface area contributed by atoms with Gasteiger partial charge in [0.25, 0.3) is 0 Å². The van der Waals surface area contributed by atoms with E-state index in [4.69, 9.17) is 0 Å². The second kappa shape index (κ2) is 11.5. The lowest BCUT2D eigenvalue weighted by Crippen LogP contribution is -1.93. The zero-order valence-electron chi connectivity index (χ0n) is 30.9. The van der Waals surface area contributed by atoms with Crippen LogP contribution < -0.4 is 0 Å². The SMILES string of the molecule is c1ccc(-n2c3ccc(-c4ccc5c6ccccc6n(-c6ccccc6)c5c4)cc3c3cc(-c4ccc5c6cccc7c8ccccc8n(c5c4)c76)ccc32)cc1. The van der Waals surface area contributed by atoms with Gasteiger partial charge in [-0.3, -0.25) is 0 Å². The van der Waals surface area contributed by atoms with Gasteiger partial charge in [-0.2, -0.15) is 0 Å². The van der Waals surface area contributed by atoms with Gasteiger partial charge in [0.05, 0.1) is 38.6 Å². The molecule has 0 fully saturated rings. The van der Waals surface area contributed by atoms with Crippen LogP contribution in [0.15, 0.2) is 200 Å². The Labute approximate surface area is 327 Å². The first-order valence-corrected chi connectivity index (χ1v) is 19.7. The van der Waals surface area contributed by atoms with Crippen molar-refractivity contribution in [1.29, 1.82) is 0 Å². The summed E-state index contributed by atoms with van der Waals surface area (Å²) in [5.74, 6) is 0. The molecular weight excluding hydrogens is 691 g/mol. The van der Waals surface area contributed by atoms with Crippen LogP contribution in [-0.4, -0.2) is 13.5 Å². The van der Waals surface area contributed by atoms with Crippen LogP contribution in [0.1, 0.15) is 0 Å². The Morgan fingerprint density at radius 3 is 1.25 bits per heavy atom. The summed E-state index contributed by atoms with van der Waals surface area (Å²) >= 11 is 0. The third kappa shape index (κ3) is 4.26. The fraction of sp³-hybridized carbons (Fsp3) is 0. The van der Waals surface area contributed by atoms with Crippen LogP contribution >= 0.6 is 0 Å². The molecule has 0 aliphatic heterocycles. The summed E-state index contributed by atoms with van der Waals surface area (Å²) in [7, 11) is 0. The van der Waals surface area contributed by atoms with Gasteiger partial charge in [0.1, 0.15) is 0 Å². The van der Waals surface area contributed by atoms with Gasteiger partial charge in [-0.25, -0.2) is 0 Å². The molecule has 3 nitrogen and oxygen atoms in total. The minimum atomic E-state index is 1.16. The molecule has 264 valence electrons. The molecular formula is C54H33N3. The summed E-state index contributed by atoms with van der Waals surface area (Å²) in [5.41, 5.74) is 15.8. The maximum absolute atomic E-state index is 2.47. The van der Waals surface area contributed by atoms with Crippen LogP contribution in [0.5, 0.6) is 0 Å². The molecule has 0 atom stereocenters. The Morgan fingerprint density at radius 1 is 0.228 bits per heavy atom. The molecule has 4 heterocycles. The van der Waals surface area contributed by atoms with Gasteiger partial charge in [0, 0.05) is 54.5 Å². The van der Waals surface area contributed by atoms with Crippen molar-refractivity contribution in [2.24, 2.45) is 0 Å². The Hall–Kier alpha value is -7.62. The minimum absolute atomic E-state index is 1.16. The monoisotopic (exact) mass is 723 g/mol. The summed E-state index contributed by atoms with van der Waals surface area (Å²) < 4.78 is 7.28. The molecule has 0 aliphatic carbocycles. The van der Waals surface area contributed by atoms with Crippen molar-refractivity contribution >= 4 is 81.7 Å². The van der Waals surface area contributed by atoms with Crippen molar-refractivity contribution in [2.45, 2.75) is 0 Å². The molecule has 13 aromatic rings. The zero-order valence-corrected chi connectivity index (χ0v) is 30.9. The van der Waals surface area contributed by atoms with Crippen LogP contribution in [0, 0.1) is 0 Å². The van der Waals surface area contributed by atoms with Gasteiger partial charge >= 0.3 is 0 Å². The van der Waals surface area contributed by atoms with Gasteiger partial charge in [-0.15, -0.1) is 0 Å². The molecule has 0 amide bonds. The molecule has 3 heteroatoms. The van der Waals surface area contributed by atoms with Crippen LogP contribution in [0.25, 0.3) is 115 Å². The molecule has 0 spiro atoms. The Kier molecular flexibility index (Phi) is 6.16. The number of hydrogen-bond donors (Lipinski definition) is 0. The highest BCUT2D eigenvalue weighted by Crippen LogP contribution is 2.42. The highest BCUT2D eigenvalue weighted by Gasteiger charge is 2.19. The Morgan fingerprint density at radius 2 is 0.632 bits per heavy atom. The van der Waals surface area contributed by atoms with E-state index in [-0.39, 0.29) is 0 Å². The largest absolute Gasteiger partial charge is 0.309 e. The van der Waals surface area contributed by atoms with E-state index in [1.54, 1.807) is 0 Å². The third-order valence-corrected chi connectivity index (χ3v) is 12.4. The highest BCUT2D eigenvalue weighted by atomic mass is 15.0. The van der Waals surface area contributed by atoms with E-state index in [0.717, 1.165) is 5.69 Å². The third-order valence-electron chi connectivity index (χ3n) is 12.4. The summed E-state index contributed by atoms with van der Waals surface area (Å²) in [6.45, 7) is 0. The summed E-state index contributed by atoms with van der Waals surface area (Å²) in [4.78, 5) is 0. The molecule has 0 saturated heterocycles. The Balaban J connectivity index is 1.03. The summed E-state index contributed by atoms with van der Waals surface area (Å²) in [6.07, 6.45) is 0. The maximum atomic E-state index is 2.47. The van der Waals surface area contributed by atoms with E-state index in [9.17, 15) is 0 Å². The number of nitrogens with zero attached hydrogens (tertiary/aromatic N) is 3. The van der Waals surface area contributed by atoms with Crippen molar-refractivity contribution in [3.63, 3.8) is 0 Å². The number of para-hydroxylation sites is 5. The van der Waals surface area contributed by atoms with Crippen molar-refractivity contribution < 1.29 is 0 Å². The lowest BCUT2D eigenvalue weighted by molar-refractivity contribution is 1.18. The lowest BCUT2D eigenvalue weighted by atomic mass is 9.99. The molecule has 4 aromatic heterocycles. The van der Waals surface area contributed by atoms with Gasteiger partial charge < -0.3 is 13.5 Å². The lowest BCUT2D eigenvalue weighted by Gasteiger charge is -2.10. The van der Waals surface area contributed by atoms with E-state index in [1.165, 1.54) is 110 Å². The molecule has 0 saturated carbocycles. The van der Waals surface area contributed by atoms with Crippen molar-refractivity contribution in [3.05, 3.63) is 200 Å². The molecule has 0 radical (unpaired) electrons. The van der Waals surface area contributed by atoms with Gasteiger partial charge in [-0.1, -0.05) is 127 Å². The van der Waals surface area contributed by atoms with Gasteiger partial charge in [0.15, 0.2) is 0 Å². The number of aromatic nitrogens is 3. The van der Waals surface area contributed by atoms with E-state index >= 15 is 0 Å². The van der Waals surface area contributed by atoms with Crippen molar-refractivity contribution in [2.75, 3.05) is 0 Å². The number of rotatable bonds is 4. The first-order valence-electron chi connectivity index (χ1n) is 19.7. The van der Waals surface area contributed by atoms with Crippen LogP contribution in [0.4, 0.5) is 0 Å². The standard InChI is InChI=1S/C54H33N3/c1-3-12-38(13-4-1)55-50-28-24-34(36-22-26-42-40-16-7-9-20-48(40)56(52(42)32-36)39-14-5-2-6-15-39)30-46(50)47-31-35(25-29-51(47)55)37-23-27-43-45-19-11-18-44-41-17-8-10-21-49(41)57(54(44)45)53(43)33-37/h1-33H. The van der Waals surface area contributed by atoms with Crippen LogP contribution in [0.3, 0.4) is 0 Å². The molecule has 57 heavy (non-hydrogen) atoms. The molecule has 0 N–H and O–H groups in total. The molecule has 9 aromatic carbocycles. The Bertz CT molecular complexity index is 3730. The topological polar surface area (TPSA) is 14.3 Å². The first kappa shape index (κ1) is 30.7. The highest BCUT2D eigenvalue weighted by molar-refractivity contribution is 6.23. The van der Waals surface area contributed by atoms with Crippen molar-refractivity contribution in [1.82, 2.24) is 13.5 Å². The first-order chi connectivity index (χ1) is 28.3. The molecule has 13 rings (SSSR count). The second-order valence-corrected chi connectivity index (χ2v) is 15.3. The van der Waals surface area contributed by atoms with E-state index < -0.39 is 0 Å². The smallest absolute Gasteiger partial charge is 0.0620 e. The fourth-order valence-corrected chi connectivity index (χ4v) is 9.85. The van der Waals surface area contributed by atoms with Gasteiger partial charge in [0.2, 0.25) is 0 Å². The number of benzene rings is 9. The quantitative estimate of drug-likeness (QED) is 0.172. The van der Waals surface area contributed by atoms with E-state index in [1.807, 2.05) is 0 Å². The van der Waals surface area contributed by atoms with E-state index in [0.29, 0.717) is 0 Å². The van der Waals surface area contributed by atoms with Gasteiger partial charge in [-0.05, 0) is 95.1 Å². The van der Waals surface area contributed by atoms with Crippen LogP contribution in [0.2, 0.25) is 0 Å². The minimum Gasteiger partial charge on any atom is -0.309 e.